The van der Waals surface area contributed by atoms with Crippen LogP contribution in [0.3, 0.4) is 0 Å². The highest BCUT2D eigenvalue weighted by Crippen LogP contribution is 2.19. The number of pyridine rings is 1. The third kappa shape index (κ3) is 2.87. The van der Waals surface area contributed by atoms with Gasteiger partial charge >= 0.3 is 0 Å². The Balaban J connectivity index is 2.91. The molecule has 1 aromatic heterocycles. The molecule has 0 bridgehead atoms. The minimum absolute atomic E-state index is 0.399. The number of hydrogen-bond acceptors (Lipinski definition) is 4. The summed E-state index contributed by atoms with van der Waals surface area (Å²) < 4.78 is 0. The van der Waals surface area contributed by atoms with Crippen LogP contribution in [0.25, 0.3) is 0 Å². The van der Waals surface area contributed by atoms with Crippen LogP contribution in [-0.4, -0.2) is 30.1 Å². The number of thioether (sulfide) groups is 1. The molecule has 4 heteroatoms. The standard InChI is InChI=1S/C11H15N3S/c1-9(8-15-3)14(2)11-7-13-5-4-10(11)6-12/h4-5,7,9H,8H2,1-3H3. The Labute approximate surface area is 95.1 Å². The highest BCUT2D eigenvalue weighted by Gasteiger charge is 2.12. The van der Waals surface area contributed by atoms with Gasteiger partial charge in [-0.15, -0.1) is 0 Å². The maximum Gasteiger partial charge on any atom is 0.101 e. The van der Waals surface area contributed by atoms with Crippen LogP contribution in [0.5, 0.6) is 0 Å². The van der Waals surface area contributed by atoms with Crippen LogP contribution in [0.15, 0.2) is 18.5 Å². The molecular formula is C11H15N3S. The smallest absolute Gasteiger partial charge is 0.101 e. The Morgan fingerprint density at radius 1 is 1.67 bits per heavy atom. The van der Waals surface area contributed by atoms with Gasteiger partial charge in [0.2, 0.25) is 0 Å². The van der Waals surface area contributed by atoms with Crippen molar-refractivity contribution in [2.45, 2.75) is 13.0 Å². The maximum absolute atomic E-state index is 8.97. The second kappa shape index (κ2) is 5.62. The van der Waals surface area contributed by atoms with Crippen molar-refractivity contribution in [3.05, 3.63) is 24.0 Å². The molecule has 0 amide bonds. The molecule has 0 radical (unpaired) electrons. The summed E-state index contributed by atoms with van der Waals surface area (Å²) in [5.74, 6) is 1.04. The summed E-state index contributed by atoms with van der Waals surface area (Å²) in [5.41, 5.74) is 1.59. The maximum atomic E-state index is 8.97. The monoisotopic (exact) mass is 221 g/mol. The zero-order valence-electron chi connectivity index (χ0n) is 9.27. The average molecular weight is 221 g/mol. The van der Waals surface area contributed by atoms with E-state index in [0.717, 1.165) is 11.4 Å². The van der Waals surface area contributed by atoms with Crippen molar-refractivity contribution in [2.24, 2.45) is 0 Å². The van der Waals surface area contributed by atoms with Gasteiger partial charge in [0.15, 0.2) is 0 Å². The Hall–Kier alpha value is -1.21. The predicted molar refractivity (Wildman–Crippen MR) is 65.2 cm³/mol. The largest absolute Gasteiger partial charge is 0.369 e. The van der Waals surface area contributed by atoms with Gasteiger partial charge in [-0.05, 0) is 19.2 Å². The molecule has 80 valence electrons. The number of aromatic nitrogens is 1. The van der Waals surface area contributed by atoms with Crippen molar-refractivity contribution >= 4 is 17.4 Å². The molecule has 0 aromatic carbocycles. The van der Waals surface area contributed by atoms with Crippen LogP contribution in [0.4, 0.5) is 5.69 Å². The number of rotatable bonds is 4. The summed E-state index contributed by atoms with van der Waals surface area (Å²) in [7, 11) is 2.00. The molecule has 1 aromatic rings. The molecule has 15 heavy (non-hydrogen) atoms. The van der Waals surface area contributed by atoms with Crippen molar-refractivity contribution < 1.29 is 0 Å². The minimum Gasteiger partial charge on any atom is -0.369 e. The van der Waals surface area contributed by atoms with Crippen molar-refractivity contribution in [3.63, 3.8) is 0 Å². The van der Waals surface area contributed by atoms with E-state index in [4.69, 9.17) is 5.26 Å². The first kappa shape index (κ1) is 11.9. The van der Waals surface area contributed by atoms with E-state index in [9.17, 15) is 0 Å². The summed E-state index contributed by atoms with van der Waals surface area (Å²) in [6.45, 7) is 2.14. The molecule has 0 N–H and O–H groups in total. The van der Waals surface area contributed by atoms with E-state index < -0.39 is 0 Å². The van der Waals surface area contributed by atoms with Gasteiger partial charge < -0.3 is 4.90 Å². The number of anilines is 1. The lowest BCUT2D eigenvalue weighted by molar-refractivity contribution is 0.762. The molecule has 0 aliphatic heterocycles. The Morgan fingerprint density at radius 2 is 2.40 bits per heavy atom. The molecule has 0 saturated heterocycles. The van der Waals surface area contributed by atoms with Crippen LogP contribution < -0.4 is 4.90 Å². The molecule has 0 aliphatic carbocycles. The van der Waals surface area contributed by atoms with Gasteiger partial charge in [-0.1, -0.05) is 0 Å². The van der Waals surface area contributed by atoms with Crippen molar-refractivity contribution in [1.82, 2.24) is 4.98 Å². The molecule has 1 rings (SSSR count). The zero-order valence-corrected chi connectivity index (χ0v) is 10.1. The lowest BCUT2D eigenvalue weighted by Gasteiger charge is -2.26. The Bertz CT molecular complexity index is 359. The summed E-state index contributed by atoms with van der Waals surface area (Å²) in [6, 6.07) is 4.33. The average Bonchev–Trinajstić information content (AvgIpc) is 2.28. The van der Waals surface area contributed by atoms with E-state index in [0.29, 0.717) is 11.6 Å². The van der Waals surface area contributed by atoms with E-state index in [1.165, 1.54) is 0 Å². The third-order valence-corrected chi connectivity index (χ3v) is 3.19. The van der Waals surface area contributed by atoms with Crippen molar-refractivity contribution in [1.29, 1.82) is 5.26 Å². The van der Waals surface area contributed by atoms with E-state index in [1.807, 2.05) is 7.05 Å². The topological polar surface area (TPSA) is 39.9 Å². The Kier molecular flexibility index (Phi) is 4.44. The van der Waals surface area contributed by atoms with E-state index in [1.54, 1.807) is 30.2 Å². The first-order valence-corrected chi connectivity index (χ1v) is 6.16. The first-order chi connectivity index (χ1) is 7.20. The Morgan fingerprint density at radius 3 is 3.00 bits per heavy atom. The van der Waals surface area contributed by atoms with E-state index in [2.05, 4.69) is 29.1 Å². The lowest BCUT2D eigenvalue weighted by Crippen LogP contribution is -2.31. The highest BCUT2D eigenvalue weighted by atomic mass is 32.2. The zero-order chi connectivity index (χ0) is 11.3. The lowest BCUT2D eigenvalue weighted by atomic mass is 10.2. The van der Waals surface area contributed by atoms with Crippen molar-refractivity contribution in [3.8, 4) is 6.07 Å². The molecule has 1 heterocycles. The van der Waals surface area contributed by atoms with Gasteiger partial charge in [0.25, 0.3) is 0 Å². The molecule has 0 saturated carbocycles. The van der Waals surface area contributed by atoms with E-state index >= 15 is 0 Å². The summed E-state index contributed by atoms with van der Waals surface area (Å²) in [6.07, 6.45) is 5.48. The number of hydrogen-bond donors (Lipinski definition) is 0. The second-order valence-electron chi connectivity index (χ2n) is 3.42. The minimum atomic E-state index is 0.399. The summed E-state index contributed by atoms with van der Waals surface area (Å²) >= 11 is 1.80. The van der Waals surface area contributed by atoms with Crippen LogP contribution >= 0.6 is 11.8 Å². The van der Waals surface area contributed by atoms with Crippen LogP contribution in [0.1, 0.15) is 12.5 Å². The normalized spacial score (nSPS) is 11.9. The summed E-state index contributed by atoms with van der Waals surface area (Å²) in [5, 5.41) is 8.97. The molecule has 0 fully saturated rings. The van der Waals surface area contributed by atoms with E-state index in [-0.39, 0.29) is 0 Å². The third-order valence-electron chi connectivity index (χ3n) is 2.37. The van der Waals surface area contributed by atoms with Crippen LogP contribution in [-0.2, 0) is 0 Å². The van der Waals surface area contributed by atoms with Crippen LogP contribution in [0.2, 0.25) is 0 Å². The molecule has 1 atom stereocenters. The van der Waals surface area contributed by atoms with Gasteiger partial charge in [-0.3, -0.25) is 4.98 Å². The fourth-order valence-corrected chi connectivity index (χ4v) is 2.06. The van der Waals surface area contributed by atoms with Crippen molar-refractivity contribution in [2.75, 3.05) is 24.0 Å². The SMILES string of the molecule is CSCC(C)N(C)c1cnccc1C#N. The molecule has 3 nitrogen and oxygen atoms in total. The molecule has 0 aliphatic rings. The fourth-order valence-electron chi connectivity index (χ4n) is 1.35. The summed E-state index contributed by atoms with van der Waals surface area (Å²) in [4.78, 5) is 6.16. The fraction of sp³-hybridized carbons (Fsp3) is 0.455. The molecule has 1 unspecified atom stereocenters. The number of nitrogens with zero attached hydrogens (tertiary/aromatic N) is 3. The first-order valence-electron chi connectivity index (χ1n) is 4.76. The van der Waals surface area contributed by atoms with Crippen LogP contribution in [0, 0.1) is 11.3 Å². The molecular weight excluding hydrogens is 206 g/mol. The predicted octanol–water partition coefficient (Wildman–Crippen LogP) is 2.14. The quantitative estimate of drug-likeness (QED) is 0.781. The highest BCUT2D eigenvalue weighted by molar-refractivity contribution is 7.98. The van der Waals surface area contributed by atoms with Gasteiger partial charge in [0, 0.05) is 25.0 Å². The van der Waals surface area contributed by atoms with Gasteiger partial charge in [-0.2, -0.15) is 17.0 Å². The second-order valence-corrected chi connectivity index (χ2v) is 4.33. The molecule has 0 spiro atoms. The van der Waals surface area contributed by atoms with Gasteiger partial charge in [0.05, 0.1) is 17.4 Å². The van der Waals surface area contributed by atoms with Gasteiger partial charge in [0.1, 0.15) is 6.07 Å². The van der Waals surface area contributed by atoms with Gasteiger partial charge in [-0.25, -0.2) is 0 Å². The number of nitriles is 1.